The first-order valence-electron chi connectivity index (χ1n) is 5.73. The highest BCUT2D eigenvalue weighted by molar-refractivity contribution is 8.00. The third-order valence-corrected chi connectivity index (χ3v) is 3.49. The van der Waals surface area contributed by atoms with Crippen molar-refractivity contribution in [3.05, 3.63) is 34.9 Å². The summed E-state index contributed by atoms with van der Waals surface area (Å²) in [6, 6.07) is 5.82. The van der Waals surface area contributed by atoms with Gasteiger partial charge in [-0.25, -0.2) is 0 Å². The van der Waals surface area contributed by atoms with Crippen LogP contribution in [0.1, 0.15) is 16.7 Å². The summed E-state index contributed by atoms with van der Waals surface area (Å²) in [4.78, 5) is 11.3. The Hall–Kier alpha value is -0.920. The van der Waals surface area contributed by atoms with Gasteiger partial charge in [0.15, 0.2) is 0 Å². The molecule has 1 aromatic carbocycles. The van der Waals surface area contributed by atoms with Crippen molar-refractivity contribution >= 4 is 30.1 Å². The molecule has 1 heterocycles. The first kappa shape index (κ1) is 17.1. The summed E-state index contributed by atoms with van der Waals surface area (Å²) in [7, 11) is 0. The molecule has 0 fully saturated rings. The highest BCUT2D eigenvalue weighted by atomic mass is 35.5. The SMILES string of the molecule is Cl.O=C(CSC(F)(F)F)NCc1ccc2c(c1)CNC2. The van der Waals surface area contributed by atoms with Crippen molar-refractivity contribution in [2.45, 2.75) is 25.1 Å². The second-order valence-corrected chi connectivity index (χ2v) is 5.26. The molecule has 112 valence electrons. The molecule has 0 saturated heterocycles. The maximum Gasteiger partial charge on any atom is 0.442 e. The van der Waals surface area contributed by atoms with E-state index in [2.05, 4.69) is 10.6 Å². The number of fused-ring (bicyclic) bond motifs is 1. The fourth-order valence-corrected chi connectivity index (χ4v) is 2.25. The predicted octanol–water partition coefficient (Wildman–Crippen LogP) is 2.58. The summed E-state index contributed by atoms with van der Waals surface area (Å²) in [6.45, 7) is 1.88. The fraction of sp³-hybridized carbons (Fsp3) is 0.417. The minimum Gasteiger partial charge on any atom is -0.351 e. The van der Waals surface area contributed by atoms with Gasteiger partial charge in [0.2, 0.25) is 5.91 Å². The van der Waals surface area contributed by atoms with Crippen molar-refractivity contribution in [1.82, 2.24) is 10.6 Å². The molecule has 3 nitrogen and oxygen atoms in total. The van der Waals surface area contributed by atoms with Crippen molar-refractivity contribution in [3.8, 4) is 0 Å². The van der Waals surface area contributed by atoms with E-state index in [1.807, 2.05) is 18.2 Å². The average Bonchev–Trinajstić information content (AvgIpc) is 2.80. The van der Waals surface area contributed by atoms with Gasteiger partial charge in [-0.1, -0.05) is 18.2 Å². The standard InChI is InChI=1S/C12H13F3N2OS.ClH/c13-12(14,15)19-7-11(18)17-4-8-1-2-9-5-16-6-10(9)3-8;/h1-3,16H,4-7H2,(H,17,18);1H. The van der Waals surface area contributed by atoms with Crippen molar-refractivity contribution in [2.75, 3.05) is 5.75 Å². The zero-order valence-corrected chi connectivity index (χ0v) is 12.1. The van der Waals surface area contributed by atoms with Gasteiger partial charge >= 0.3 is 5.51 Å². The summed E-state index contributed by atoms with van der Waals surface area (Å²) < 4.78 is 35.7. The van der Waals surface area contributed by atoms with Gasteiger partial charge in [-0.2, -0.15) is 13.2 Å². The molecule has 0 bridgehead atoms. The Bertz CT molecular complexity index is 482. The minimum atomic E-state index is -4.36. The van der Waals surface area contributed by atoms with Crippen LogP contribution in [0, 0.1) is 0 Å². The normalized spacial score (nSPS) is 13.6. The molecule has 1 aliphatic rings. The molecule has 2 rings (SSSR count). The van der Waals surface area contributed by atoms with Crippen LogP contribution in [0.4, 0.5) is 13.2 Å². The van der Waals surface area contributed by atoms with Crippen LogP contribution in [0.15, 0.2) is 18.2 Å². The predicted molar refractivity (Wildman–Crippen MR) is 74.6 cm³/mol. The number of thioether (sulfide) groups is 1. The van der Waals surface area contributed by atoms with Crippen molar-refractivity contribution in [1.29, 1.82) is 0 Å². The zero-order chi connectivity index (χ0) is 13.9. The van der Waals surface area contributed by atoms with Crippen molar-refractivity contribution in [2.24, 2.45) is 0 Å². The first-order valence-corrected chi connectivity index (χ1v) is 6.71. The molecule has 0 spiro atoms. The Morgan fingerprint density at radius 2 is 2.00 bits per heavy atom. The summed E-state index contributed by atoms with van der Waals surface area (Å²) in [5, 5.41) is 5.68. The van der Waals surface area contributed by atoms with Gasteiger partial charge in [0, 0.05) is 19.6 Å². The molecule has 20 heavy (non-hydrogen) atoms. The van der Waals surface area contributed by atoms with E-state index in [-0.39, 0.29) is 30.7 Å². The largest absolute Gasteiger partial charge is 0.442 e. The average molecular weight is 327 g/mol. The van der Waals surface area contributed by atoms with Crippen LogP contribution in [0.2, 0.25) is 0 Å². The molecule has 1 amide bonds. The van der Waals surface area contributed by atoms with Crippen LogP contribution >= 0.6 is 24.2 Å². The lowest BCUT2D eigenvalue weighted by molar-refractivity contribution is -0.119. The Kier molecular flexibility index (Phi) is 6.16. The van der Waals surface area contributed by atoms with Crippen LogP contribution in [-0.2, 0) is 24.4 Å². The highest BCUT2D eigenvalue weighted by Gasteiger charge is 2.29. The molecular weight excluding hydrogens is 313 g/mol. The van der Waals surface area contributed by atoms with E-state index in [1.165, 1.54) is 11.1 Å². The Balaban J connectivity index is 0.00000200. The third kappa shape index (κ3) is 5.22. The van der Waals surface area contributed by atoms with E-state index in [9.17, 15) is 18.0 Å². The van der Waals surface area contributed by atoms with Crippen LogP contribution in [0.3, 0.4) is 0 Å². The number of hydrogen-bond acceptors (Lipinski definition) is 3. The molecule has 0 aliphatic carbocycles. The minimum absolute atomic E-state index is 0. The summed E-state index contributed by atoms with van der Waals surface area (Å²) in [5.41, 5.74) is -1.07. The number of benzene rings is 1. The van der Waals surface area contributed by atoms with Gasteiger partial charge in [0.05, 0.1) is 5.75 Å². The lowest BCUT2D eigenvalue weighted by Crippen LogP contribution is -2.26. The van der Waals surface area contributed by atoms with E-state index < -0.39 is 17.2 Å². The number of alkyl halides is 3. The molecule has 0 atom stereocenters. The number of amides is 1. The van der Waals surface area contributed by atoms with Crippen molar-refractivity contribution in [3.63, 3.8) is 0 Å². The first-order chi connectivity index (χ1) is 8.94. The van der Waals surface area contributed by atoms with Gasteiger partial charge in [-0.3, -0.25) is 4.79 Å². The number of nitrogens with one attached hydrogen (secondary N) is 2. The van der Waals surface area contributed by atoms with Gasteiger partial charge in [-0.05, 0) is 28.5 Å². The number of carbonyl (C=O) groups is 1. The highest BCUT2D eigenvalue weighted by Crippen LogP contribution is 2.29. The van der Waals surface area contributed by atoms with Gasteiger partial charge in [-0.15, -0.1) is 12.4 Å². The number of carbonyl (C=O) groups excluding carboxylic acids is 1. The molecule has 8 heteroatoms. The van der Waals surface area contributed by atoms with Crippen LogP contribution in [0.25, 0.3) is 0 Å². The lowest BCUT2D eigenvalue weighted by Gasteiger charge is -2.08. The number of halogens is 4. The zero-order valence-electron chi connectivity index (χ0n) is 10.4. The van der Waals surface area contributed by atoms with Crippen LogP contribution in [-0.4, -0.2) is 17.2 Å². The number of rotatable bonds is 4. The molecule has 1 aromatic rings. The monoisotopic (exact) mass is 326 g/mol. The van der Waals surface area contributed by atoms with Crippen LogP contribution < -0.4 is 10.6 Å². The summed E-state index contributed by atoms with van der Waals surface area (Å²) in [5.74, 6) is -1.21. The second-order valence-electron chi connectivity index (χ2n) is 4.22. The van der Waals surface area contributed by atoms with Crippen molar-refractivity contribution < 1.29 is 18.0 Å². The number of hydrogen-bond donors (Lipinski definition) is 2. The second kappa shape index (κ2) is 7.19. The fourth-order valence-electron chi connectivity index (χ4n) is 1.86. The van der Waals surface area contributed by atoms with E-state index in [0.717, 1.165) is 18.7 Å². The molecular formula is C12H14ClF3N2OS. The van der Waals surface area contributed by atoms with Crippen LogP contribution in [0.5, 0.6) is 0 Å². The van der Waals surface area contributed by atoms with E-state index in [4.69, 9.17) is 0 Å². The Morgan fingerprint density at radius 1 is 1.30 bits per heavy atom. The quantitative estimate of drug-likeness (QED) is 0.893. The van der Waals surface area contributed by atoms with E-state index >= 15 is 0 Å². The lowest BCUT2D eigenvalue weighted by atomic mass is 10.1. The van der Waals surface area contributed by atoms with Gasteiger partial charge < -0.3 is 10.6 Å². The third-order valence-electron chi connectivity index (χ3n) is 2.76. The summed E-state index contributed by atoms with van der Waals surface area (Å²) in [6.07, 6.45) is 0. The van der Waals surface area contributed by atoms with Gasteiger partial charge in [0.1, 0.15) is 0 Å². The Morgan fingerprint density at radius 3 is 2.70 bits per heavy atom. The Labute approximate surface area is 125 Å². The molecule has 2 N–H and O–H groups in total. The molecule has 0 saturated carbocycles. The maximum atomic E-state index is 11.9. The van der Waals surface area contributed by atoms with E-state index in [0.29, 0.717) is 0 Å². The molecule has 0 radical (unpaired) electrons. The molecule has 0 aromatic heterocycles. The smallest absolute Gasteiger partial charge is 0.351 e. The summed E-state index contributed by atoms with van der Waals surface area (Å²) >= 11 is -0.325. The topological polar surface area (TPSA) is 41.1 Å². The molecule has 1 aliphatic heterocycles. The maximum absolute atomic E-state index is 11.9. The van der Waals surface area contributed by atoms with Gasteiger partial charge in [0.25, 0.3) is 0 Å². The molecule has 0 unspecified atom stereocenters. The van der Waals surface area contributed by atoms with E-state index in [1.54, 1.807) is 0 Å².